The van der Waals surface area contributed by atoms with Crippen molar-refractivity contribution in [3.8, 4) is 0 Å². The normalized spacial score (nSPS) is 27.9. The van der Waals surface area contributed by atoms with E-state index in [4.69, 9.17) is 4.74 Å². The van der Waals surface area contributed by atoms with Crippen LogP contribution in [0.5, 0.6) is 0 Å². The molecule has 2 unspecified atom stereocenters. The summed E-state index contributed by atoms with van der Waals surface area (Å²) in [4.78, 5) is 4.36. The van der Waals surface area contributed by atoms with Crippen molar-refractivity contribution in [2.75, 3.05) is 26.3 Å². The van der Waals surface area contributed by atoms with E-state index in [1.165, 1.54) is 25.7 Å². The molecule has 118 valence electrons. The van der Waals surface area contributed by atoms with Crippen LogP contribution in [-0.4, -0.2) is 58.3 Å². The summed E-state index contributed by atoms with van der Waals surface area (Å²) in [6.45, 7) is 7.64. The number of hydrogen-bond acceptors (Lipinski definition) is 5. The Labute approximate surface area is 126 Å². The van der Waals surface area contributed by atoms with Crippen LogP contribution in [0, 0.1) is 0 Å². The van der Waals surface area contributed by atoms with Crippen LogP contribution in [0.15, 0.2) is 6.20 Å². The van der Waals surface area contributed by atoms with Gasteiger partial charge in [-0.25, -0.2) is 0 Å². The molecule has 0 radical (unpaired) electrons. The maximum Gasteiger partial charge on any atom is 0.0965 e. The minimum atomic E-state index is 0.573. The zero-order valence-electron chi connectivity index (χ0n) is 13.0. The standard InChI is InChI=1S/C15H27N5O/c1-2-20-17-12-13(18-20)11-16-14-5-3-4-6-15(14)19-7-9-21-10-8-19/h12,14-16H,2-11H2,1H3. The average Bonchev–Trinajstić information content (AvgIpc) is 3.02. The van der Waals surface area contributed by atoms with Crippen LogP contribution in [0.3, 0.4) is 0 Å². The molecule has 6 heteroatoms. The number of ether oxygens (including phenoxy) is 1. The fourth-order valence-corrected chi connectivity index (χ4v) is 3.50. The number of rotatable bonds is 5. The molecule has 0 amide bonds. The maximum absolute atomic E-state index is 5.49. The molecule has 3 rings (SSSR count). The van der Waals surface area contributed by atoms with E-state index >= 15 is 0 Å². The zero-order chi connectivity index (χ0) is 14.5. The molecule has 0 bridgehead atoms. The van der Waals surface area contributed by atoms with Crippen LogP contribution in [0.2, 0.25) is 0 Å². The van der Waals surface area contributed by atoms with Gasteiger partial charge < -0.3 is 10.1 Å². The summed E-state index contributed by atoms with van der Waals surface area (Å²) in [7, 11) is 0. The lowest BCUT2D eigenvalue weighted by molar-refractivity contribution is -0.000504. The van der Waals surface area contributed by atoms with Gasteiger partial charge in [0.15, 0.2) is 0 Å². The van der Waals surface area contributed by atoms with Gasteiger partial charge >= 0.3 is 0 Å². The molecule has 1 saturated carbocycles. The van der Waals surface area contributed by atoms with Gasteiger partial charge in [0.2, 0.25) is 0 Å². The smallest absolute Gasteiger partial charge is 0.0965 e. The van der Waals surface area contributed by atoms with Crippen molar-refractivity contribution in [2.45, 2.75) is 57.8 Å². The molecule has 0 aromatic carbocycles. The lowest BCUT2D eigenvalue weighted by Gasteiger charge is -2.42. The van der Waals surface area contributed by atoms with E-state index in [-0.39, 0.29) is 0 Å². The number of nitrogens with zero attached hydrogens (tertiary/aromatic N) is 4. The molecular weight excluding hydrogens is 266 g/mol. The van der Waals surface area contributed by atoms with Gasteiger partial charge in [0.05, 0.1) is 31.6 Å². The Kier molecular flexibility index (Phi) is 5.22. The Hall–Kier alpha value is -0.980. The van der Waals surface area contributed by atoms with Crippen LogP contribution >= 0.6 is 0 Å². The first-order chi connectivity index (χ1) is 10.4. The van der Waals surface area contributed by atoms with Gasteiger partial charge in [0, 0.05) is 31.7 Å². The van der Waals surface area contributed by atoms with Gasteiger partial charge in [-0.15, -0.1) is 0 Å². The van der Waals surface area contributed by atoms with Crippen molar-refractivity contribution in [1.82, 2.24) is 25.2 Å². The van der Waals surface area contributed by atoms with Gasteiger partial charge in [-0.3, -0.25) is 4.90 Å². The molecule has 2 aliphatic rings. The number of aromatic nitrogens is 3. The number of morpholine rings is 1. The molecule has 1 N–H and O–H groups in total. The van der Waals surface area contributed by atoms with Gasteiger partial charge in [-0.2, -0.15) is 15.0 Å². The van der Waals surface area contributed by atoms with E-state index in [9.17, 15) is 0 Å². The molecule has 2 fully saturated rings. The highest BCUT2D eigenvalue weighted by atomic mass is 16.5. The monoisotopic (exact) mass is 293 g/mol. The summed E-state index contributed by atoms with van der Waals surface area (Å²) in [6.07, 6.45) is 7.14. The second kappa shape index (κ2) is 7.33. The average molecular weight is 293 g/mol. The van der Waals surface area contributed by atoms with E-state index < -0.39 is 0 Å². The Balaban J connectivity index is 1.56. The van der Waals surface area contributed by atoms with Gasteiger partial charge in [0.1, 0.15) is 0 Å². The number of hydrogen-bond donors (Lipinski definition) is 1. The van der Waals surface area contributed by atoms with Crippen molar-refractivity contribution in [1.29, 1.82) is 0 Å². The van der Waals surface area contributed by atoms with Crippen LogP contribution in [0.25, 0.3) is 0 Å². The number of aryl methyl sites for hydroxylation is 1. The summed E-state index contributed by atoms with van der Waals surface area (Å²) in [5.41, 5.74) is 1.04. The van der Waals surface area contributed by atoms with E-state index in [1.807, 2.05) is 6.20 Å². The van der Waals surface area contributed by atoms with Gasteiger partial charge in [-0.05, 0) is 19.8 Å². The molecular formula is C15H27N5O. The fourth-order valence-electron chi connectivity index (χ4n) is 3.50. The Morgan fingerprint density at radius 3 is 2.86 bits per heavy atom. The lowest BCUT2D eigenvalue weighted by Crippen LogP contribution is -2.54. The van der Waals surface area contributed by atoms with Crippen LogP contribution in [0.4, 0.5) is 0 Å². The first-order valence-electron chi connectivity index (χ1n) is 8.31. The van der Waals surface area contributed by atoms with Crippen molar-refractivity contribution in [2.24, 2.45) is 0 Å². The summed E-state index contributed by atoms with van der Waals surface area (Å²) < 4.78 is 5.49. The van der Waals surface area contributed by atoms with Crippen molar-refractivity contribution < 1.29 is 4.74 Å². The maximum atomic E-state index is 5.49. The lowest BCUT2D eigenvalue weighted by atomic mass is 9.89. The summed E-state index contributed by atoms with van der Waals surface area (Å²) in [6, 6.07) is 1.23. The van der Waals surface area contributed by atoms with E-state index in [0.717, 1.165) is 45.1 Å². The van der Waals surface area contributed by atoms with Crippen LogP contribution in [0.1, 0.15) is 38.3 Å². The first-order valence-corrected chi connectivity index (χ1v) is 8.31. The highest BCUT2D eigenvalue weighted by Gasteiger charge is 2.30. The molecule has 2 atom stereocenters. The van der Waals surface area contributed by atoms with Crippen molar-refractivity contribution in [3.05, 3.63) is 11.9 Å². The summed E-state index contributed by atoms with van der Waals surface area (Å²) in [5, 5.41) is 12.4. The third-order valence-electron chi connectivity index (χ3n) is 4.66. The largest absolute Gasteiger partial charge is 0.379 e. The van der Waals surface area contributed by atoms with Gasteiger partial charge in [0.25, 0.3) is 0 Å². The van der Waals surface area contributed by atoms with E-state index in [0.29, 0.717) is 12.1 Å². The molecule has 1 aliphatic heterocycles. The second-order valence-electron chi connectivity index (χ2n) is 6.01. The zero-order valence-corrected chi connectivity index (χ0v) is 13.0. The molecule has 1 aromatic rings. The summed E-state index contributed by atoms with van der Waals surface area (Å²) >= 11 is 0. The Morgan fingerprint density at radius 2 is 2.10 bits per heavy atom. The van der Waals surface area contributed by atoms with E-state index in [1.54, 1.807) is 4.80 Å². The fraction of sp³-hybridized carbons (Fsp3) is 0.867. The molecule has 1 aromatic heterocycles. The Morgan fingerprint density at radius 1 is 1.29 bits per heavy atom. The molecule has 2 heterocycles. The predicted octanol–water partition coefficient (Wildman–Crippen LogP) is 1.03. The Bertz CT molecular complexity index is 429. The minimum absolute atomic E-state index is 0.573. The SMILES string of the molecule is CCn1ncc(CNC2CCCCC2N2CCOCC2)n1. The minimum Gasteiger partial charge on any atom is -0.379 e. The molecule has 0 spiro atoms. The summed E-state index contributed by atoms with van der Waals surface area (Å²) in [5.74, 6) is 0. The van der Waals surface area contributed by atoms with Gasteiger partial charge in [-0.1, -0.05) is 12.8 Å². The molecule has 6 nitrogen and oxygen atoms in total. The molecule has 21 heavy (non-hydrogen) atoms. The van der Waals surface area contributed by atoms with Crippen LogP contribution in [-0.2, 0) is 17.8 Å². The topological polar surface area (TPSA) is 55.2 Å². The van der Waals surface area contributed by atoms with Crippen molar-refractivity contribution >= 4 is 0 Å². The third-order valence-corrected chi connectivity index (χ3v) is 4.66. The molecule has 1 aliphatic carbocycles. The predicted molar refractivity (Wildman–Crippen MR) is 81.0 cm³/mol. The van der Waals surface area contributed by atoms with Crippen LogP contribution < -0.4 is 5.32 Å². The number of nitrogens with one attached hydrogen (secondary N) is 1. The third kappa shape index (κ3) is 3.81. The van der Waals surface area contributed by atoms with Crippen molar-refractivity contribution in [3.63, 3.8) is 0 Å². The quantitative estimate of drug-likeness (QED) is 0.879. The first kappa shape index (κ1) is 14.9. The second-order valence-corrected chi connectivity index (χ2v) is 6.01. The highest BCUT2D eigenvalue weighted by molar-refractivity contribution is 4.94. The van der Waals surface area contributed by atoms with E-state index in [2.05, 4.69) is 27.3 Å². The molecule has 1 saturated heterocycles. The highest BCUT2D eigenvalue weighted by Crippen LogP contribution is 2.24.